The summed E-state index contributed by atoms with van der Waals surface area (Å²) in [5.74, 6) is 0.0117. The van der Waals surface area contributed by atoms with E-state index in [1.807, 2.05) is 54.7 Å². The van der Waals surface area contributed by atoms with E-state index < -0.39 is 0 Å². The summed E-state index contributed by atoms with van der Waals surface area (Å²) in [6, 6.07) is 24.1. The predicted molar refractivity (Wildman–Crippen MR) is 118 cm³/mol. The molecule has 4 aromatic rings. The van der Waals surface area contributed by atoms with Crippen LogP contribution < -0.4 is 5.32 Å². The quantitative estimate of drug-likeness (QED) is 0.475. The highest BCUT2D eigenvalue weighted by molar-refractivity contribution is 6.30. The molecule has 4 rings (SSSR count). The molecule has 0 radical (unpaired) electrons. The smallest absolute Gasteiger partial charge is 0.224 e. The number of aromatic hydroxyl groups is 1. The summed E-state index contributed by atoms with van der Waals surface area (Å²) in [5.41, 5.74) is 4.00. The molecule has 1 amide bonds. The zero-order valence-corrected chi connectivity index (χ0v) is 16.9. The topological polar surface area (TPSA) is 67.2 Å². The van der Waals surface area contributed by atoms with E-state index in [-0.39, 0.29) is 24.6 Å². The summed E-state index contributed by atoms with van der Waals surface area (Å²) in [4.78, 5) is 12.6. The molecule has 1 aromatic heterocycles. The Hall–Kier alpha value is -3.57. The van der Waals surface area contributed by atoms with E-state index in [4.69, 9.17) is 16.7 Å². The number of benzene rings is 3. The van der Waals surface area contributed by atoms with Gasteiger partial charge in [-0.1, -0.05) is 60.1 Å². The van der Waals surface area contributed by atoms with Crippen molar-refractivity contribution in [2.45, 2.75) is 13.0 Å². The highest BCUT2D eigenvalue weighted by atomic mass is 35.5. The maximum atomic E-state index is 12.6. The molecule has 0 aliphatic rings. The van der Waals surface area contributed by atoms with Crippen molar-refractivity contribution in [3.05, 3.63) is 101 Å². The summed E-state index contributed by atoms with van der Waals surface area (Å²) >= 11 is 6.03. The number of amides is 1. The van der Waals surface area contributed by atoms with Crippen molar-refractivity contribution >= 4 is 17.5 Å². The molecule has 0 fully saturated rings. The van der Waals surface area contributed by atoms with Crippen molar-refractivity contribution in [2.24, 2.45) is 0 Å². The van der Waals surface area contributed by atoms with Gasteiger partial charge in [-0.25, -0.2) is 4.68 Å². The van der Waals surface area contributed by atoms with E-state index in [9.17, 15) is 9.90 Å². The zero-order valence-electron chi connectivity index (χ0n) is 16.1. The minimum absolute atomic E-state index is 0.152. The Morgan fingerprint density at radius 2 is 1.63 bits per heavy atom. The average molecular weight is 418 g/mol. The number of hydrogen-bond donors (Lipinski definition) is 2. The Morgan fingerprint density at radius 1 is 0.933 bits per heavy atom. The van der Waals surface area contributed by atoms with Crippen LogP contribution in [-0.4, -0.2) is 20.8 Å². The van der Waals surface area contributed by atoms with Crippen LogP contribution in [0.1, 0.15) is 11.1 Å². The summed E-state index contributed by atoms with van der Waals surface area (Å²) in [7, 11) is 0. The lowest BCUT2D eigenvalue weighted by atomic mass is 10.1. The van der Waals surface area contributed by atoms with Crippen LogP contribution in [0.3, 0.4) is 0 Å². The van der Waals surface area contributed by atoms with Gasteiger partial charge in [0.15, 0.2) is 0 Å². The van der Waals surface area contributed by atoms with Gasteiger partial charge in [0.1, 0.15) is 5.75 Å². The van der Waals surface area contributed by atoms with Crippen LogP contribution in [0.2, 0.25) is 5.02 Å². The third-order valence-electron chi connectivity index (χ3n) is 4.75. The summed E-state index contributed by atoms with van der Waals surface area (Å²) in [6.07, 6.45) is 2.04. The van der Waals surface area contributed by atoms with Crippen molar-refractivity contribution < 1.29 is 9.90 Å². The van der Waals surface area contributed by atoms with E-state index in [1.165, 1.54) is 0 Å². The van der Waals surface area contributed by atoms with Crippen molar-refractivity contribution in [3.63, 3.8) is 0 Å². The molecule has 0 atom stereocenters. The molecule has 2 N–H and O–H groups in total. The number of phenols is 1. The summed E-state index contributed by atoms with van der Waals surface area (Å²) in [6.45, 7) is 0.259. The number of halogens is 1. The second kappa shape index (κ2) is 8.84. The SMILES string of the molecule is O=C(Cc1cn(-c2ccccc2)nc1-c1ccc(Cl)cc1)NCc1ccccc1O. The normalized spacial score (nSPS) is 10.7. The molecule has 3 aromatic carbocycles. The van der Waals surface area contributed by atoms with E-state index in [0.29, 0.717) is 10.6 Å². The van der Waals surface area contributed by atoms with Gasteiger partial charge in [-0.15, -0.1) is 0 Å². The molecule has 0 aliphatic heterocycles. The minimum Gasteiger partial charge on any atom is -0.508 e. The molecular formula is C24H20ClN3O2. The molecule has 1 heterocycles. The van der Waals surface area contributed by atoms with Crippen molar-refractivity contribution in [1.82, 2.24) is 15.1 Å². The Balaban J connectivity index is 1.59. The van der Waals surface area contributed by atoms with Crippen LogP contribution in [0.4, 0.5) is 0 Å². The number of carbonyl (C=O) groups excluding carboxylic acids is 1. The number of aromatic nitrogens is 2. The molecule has 0 aliphatic carbocycles. The number of nitrogens with one attached hydrogen (secondary N) is 1. The first-order valence-corrected chi connectivity index (χ1v) is 9.91. The first kappa shape index (κ1) is 19.7. The minimum atomic E-state index is -0.152. The molecule has 0 spiro atoms. The fraction of sp³-hybridized carbons (Fsp3) is 0.0833. The van der Waals surface area contributed by atoms with Crippen LogP contribution in [0.5, 0.6) is 5.75 Å². The van der Waals surface area contributed by atoms with Gasteiger partial charge in [0, 0.05) is 34.5 Å². The van der Waals surface area contributed by atoms with Crippen molar-refractivity contribution in [3.8, 4) is 22.7 Å². The Morgan fingerprint density at radius 3 is 2.37 bits per heavy atom. The predicted octanol–water partition coefficient (Wildman–Crippen LogP) is 4.76. The van der Waals surface area contributed by atoms with Gasteiger partial charge in [0.25, 0.3) is 0 Å². The lowest BCUT2D eigenvalue weighted by molar-refractivity contribution is -0.120. The fourth-order valence-corrected chi connectivity index (χ4v) is 3.32. The highest BCUT2D eigenvalue weighted by Gasteiger charge is 2.16. The Labute approximate surface area is 179 Å². The summed E-state index contributed by atoms with van der Waals surface area (Å²) in [5, 5.41) is 18.1. The molecule has 0 bridgehead atoms. The van der Waals surface area contributed by atoms with Gasteiger partial charge < -0.3 is 10.4 Å². The molecule has 150 valence electrons. The van der Waals surface area contributed by atoms with Crippen LogP contribution in [0.15, 0.2) is 85.1 Å². The van der Waals surface area contributed by atoms with E-state index in [1.54, 1.807) is 35.0 Å². The second-order valence-corrected chi connectivity index (χ2v) is 7.31. The Bertz CT molecular complexity index is 1150. The number of para-hydroxylation sites is 2. The monoisotopic (exact) mass is 417 g/mol. The average Bonchev–Trinajstić information content (AvgIpc) is 3.18. The van der Waals surface area contributed by atoms with Gasteiger partial charge in [-0.05, 0) is 30.3 Å². The van der Waals surface area contributed by atoms with E-state index >= 15 is 0 Å². The van der Waals surface area contributed by atoms with Gasteiger partial charge in [-0.3, -0.25) is 4.79 Å². The van der Waals surface area contributed by atoms with Crippen molar-refractivity contribution in [1.29, 1.82) is 0 Å². The van der Waals surface area contributed by atoms with E-state index in [2.05, 4.69) is 5.32 Å². The van der Waals surface area contributed by atoms with Gasteiger partial charge in [0.05, 0.1) is 17.8 Å². The number of rotatable bonds is 6. The Kier molecular flexibility index (Phi) is 5.82. The van der Waals surface area contributed by atoms with Gasteiger partial charge in [0.2, 0.25) is 5.91 Å². The van der Waals surface area contributed by atoms with Crippen LogP contribution >= 0.6 is 11.6 Å². The molecule has 5 nitrogen and oxygen atoms in total. The number of nitrogens with zero attached hydrogens (tertiary/aromatic N) is 2. The number of carbonyl (C=O) groups is 1. The number of phenolic OH excluding ortho intramolecular Hbond substituents is 1. The maximum Gasteiger partial charge on any atom is 0.224 e. The lowest BCUT2D eigenvalue weighted by Gasteiger charge is -2.07. The van der Waals surface area contributed by atoms with Gasteiger partial charge >= 0.3 is 0 Å². The third kappa shape index (κ3) is 4.53. The maximum absolute atomic E-state index is 12.6. The second-order valence-electron chi connectivity index (χ2n) is 6.87. The molecule has 0 saturated heterocycles. The molecule has 30 heavy (non-hydrogen) atoms. The largest absolute Gasteiger partial charge is 0.508 e. The highest BCUT2D eigenvalue weighted by Crippen LogP contribution is 2.26. The molecule has 6 heteroatoms. The molecular weight excluding hydrogens is 398 g/mol. The first-order valence-electron chi connectivity index (χ1n) is 9.53. The van der Waals surface area contributed by atoms with Crippen LogP contribution in [0.25, 0.3) is 16.9 Å². The molecule has 0 saturated carbocycles. The zero-order chi connectivity index (χ0) is 20.9. The number of hydrogen-bond acceptors (Lipinski definition) is 3. The summed E-state index contributed by atoms with van der Waals surface area (Å²) < 4.78 is 1.77. The van der Waals surface area contributed by atoms with Gasteiger partial charge in [-0.2, -0.15) is 5.10 Å². The van der Waals surface area contributed by atoms with Crippen LogP contribution in [-0.2, 0) is 17.8 Å². The van der Waals surface area contributed by atoms with Crippen molar-refractivity contribution in [2.75, 3.05) is 0 Å². The van der Waals surface area contributed by atoms with Crippen LogP contribution in [0, 0.1) is 0 Å². The third-order valence-corrected chi connectivity index (χ3v) is 5.00. The molecule has 0 unspecified atom stereocenters. The standard InChI is InChI=1S/C24H20ClN3O2/c25-20-12-10-17(11-13-20)24-19(16-28(27-24)21-7-2-1-3-8-21)14-23(30)26-15-18-6-4-5-9-22(18)29/h1-13,16,29H,14-15H2,(H,26,30). The van der Waals surface area contributed by atoms with E-state index in [0.717, 1.165) is 22.5 Å². The fourth-order valence-electron chi connectivity index (χ4n) is 3.19. The lowest BCUT2D eigenvalue weighted by Crippen LogP contribution is -2.24. The first-order chi connectivity index (χ1) is 14.6.